The summed E-state index contributed by atoms with van der Waals surface area (Å²) in [6.07, 6.45) is 0. The van der Waals surface area contributed by atoms with Gasteiger partial charge in [0.25, 0.3) is 15.9 Å². The fourth-order valence-electron chi connectivity index (χ4n) is 3.08. The van der Waals surface area contributed by atoms with Gasteiger partial charge in [-0.25, -0.2) is 17.6 Å². The van der Waals surface area contributed by atoms with Crippen LogP contribution < -0.4 is 14.8 Å². The smallest absolute Gasteiger partial charge is 0.338 e. The number of hydrogen-bond donors (Lipinski definition) is 2. The van der Waals surface area contributed by atoms with Crippen molar-refractivity contribution in [2.75, 3.05) is 23.3 Å². The highest BCUT2D eigenvalue weighted by Gasteiger charge is 2.20. The van der Waals surface area contributed by atoms with Crippen LogP contribution in [0, 0.1) is 5.82 Å². The van der Waals surface area contributed by atoms with Gasteiger partial charge in [-0.15, -0.1) is 0 Å². The van der Waals surface area contributed by atoms with Gasteiger partial charge in [0.1, 0.15) is 11.6 Å². The number of sulfonamides is 1. The molecule has 0 unspecified atom stereocenters. The normalized spacial score (nSPS) is 12.7. The minimum Gasteiger partial charge on any atom is -0.482 e. The van der Waals surface area contributed by atoms with Crippen LogP contribution >= 0.6 is 0 Å². The molecule has 3 aromatic rings. The molecule has 0 saturated heterocycles. The molecule has 1 amide bonds. The van der Waals surface area contributed by atoms with E-state index in [4.69, 9.17) is 9.47 Å². The molecule has 4 rings (SSSR count). The van der Waals surface area contributed by atoms with Crippen molar-refractivity contribution in [3.05, 3.63) is 83.7 Å². The summed E-state index contributed by atoms with van der Waals surface area (Å²) < 4.78 is 50.8. The van der Waals surface area contributed by atoms with Gasteiger partial charge in [0, 0.05) is 11.3 Å². The minimum atomic E-state index is -4.06. The SMILES string of the molecule is O=C1COc2ccc(C(=O)COC(=O)c3cccc(S(=O)(=O)Nc4ccc(F)cc4)c3)cc2N1. The zero-order valence-corrected chi connectivity index (χ0v) is 18.2. The van der Waals surface area contributed by atoms with E-state index >= 15 is 0 Å². The lowest BCUT2D eigenvalue weighted by molar-refractivity contribution is -0.118. The number of hydrogen-bond acceptors (Lipinski definition) is 7. The predicted molar refractivity (Wildman–Crippen MR) is 119 cm³/mol. The lowest BCUT2D eigenvalue weighted by Gasteiger charge is -2.18. The Hall–Kier alpha value is -4.25. The molecule has 3 aromatic carbocycles. The Balaban J connectivity index is 1.42. The van der Waals surface area contributed by atoms with Gasteiger partial charge in [0.2, 0.25) is 0 Å². The number of carbonyl (C=O) groups is 3. The number of benzene rings is 3. The zero-order chi connectivity index (χ0) is 24.3. The lowest BCUT2D eigenvalue weighted by atomic mass is 10.1. The molecular formula is C23H17FN2O7S. The summed E-state index contributed by atoms with van der Waals surface area (Å²) in [6.45, 7) is -0.719. The molecule has 0 fully saturated rings. The molecule has 174 valence electrons. The summed E-state index contributed by atoms with van der Waals surface area (Å²) in [7, 11) is -4.06. The first-order valence-electron chi connectivity index (χ1n) is 9.87. The Bertz CT molecular complexity index is 1390. The number of carbonyl (C=O) groups excluding carboxylic acids is 3. The maximum absolute atomic E-state index is 13.0. The maximum Gasteiger partial charge on any atom is 0.338 e. The topological polar surface area (TPSA) is 128 Å². The Morgan fingerprint density at radius 3 is 2.56 bits per heavy atom. The molecule has 0 aromatic heterocycles. The van der Waals surface area contributed by atoms with Crippen LogP contribution in [0.2, 0.25) is 0 Å². The molecule has 1 aliphatic rings. The average molecular weight is 484 g/mol. The van der Waals surface area contributed by atoms with Crippen molar-refractivity contribution in [2.24, 2.45) is 0 Å². The van der Waals surface area contributed by atoms with E-state index in [-0.39, 0.29) is 34.2 Å². The lowest BCUT2D eigenvalue weighted by Crippen LogP contribution is -2.25. The maximum atomic E-state index is 13.0. The minimum absolute atomic E-state index is 0.0825. The molecule has 1 heterocycles. The molecule has 0 saturated carbocycles. The zero-order valence-electron chi connectivity index (χ0n) is 17.4. The van der Waals surface area contributed by atoms with E-state index in [1.165, 1.54) is 48.5 Å². The Labute approximate surface area is 193 Å². The average Bonchev–Trinajstić information content (AvgIpc) is 2.83. The fourth-order valence-corrected chi connectivity index (χ4v) is 4.18. The number of ether oxygens (including phenoxy) is 2. The number of esters is 1. The van der Waals surface area contributed by atoms with E-state index in [0.29, 0.717) is 11.4 Å². The second-order valence-corrected chi connectivity index (χ2v) is 8.87. The standard InChI is InChI=1S/C23H17FN2O7S/c24-16-5-7-17(8-6-16)26-34(30,31)18-3-1-2-15(10-18)23(29)33-12-20(27)14-4-9-21-19(11-14)25-22(28)13-32-21/h1-11,26H,12-13H2,(H,25,28). The van der Waals surface area contributed by atoms with Gasteiger partial charge < -0.3 is 14.8 Å². The molecule has 34 heavy (non-hydrogen) atoms. The summed E-state index contributed by atoms with van der Waals surface area (Å²) in [5.74, 6) is -1.89. The molecule has 0 bridgehead atoms. The van der Waals surface area contributed by atoms with Crippen LogP contribution in [-0.4, -0.2) is 39.3 Å². The van der Waals surface area contributed by atoms with Crippen molar-refractivity contribution in [1.29, 1.82) is 0 Å². The number of ketones is 1. The van der Waals surface area contributed by atoms with Crippen LogP contribution in [0.15, 0.2) is 71.6 Å². The Kier molecular flexibility index (Phi) is 6.28. The predicted octanol–water partition coefficient (Wildman–Crippen LogP) is 3.00. The van der Waals surface area contributed by atoms with Crippen LogP contribution in [0.4, 0.5) is 15.8 Å². The highest BCUT2D eigenvalue weighted by atomic mass is 32.2. The van der Waals surface area contributed by atoms with Crippen molar-refractivity contribution in [1.82, 2.24) is 0 Å². The summed E-state index contributed by atoms with van der Waals surface area (Å²) in [5.41, 5.74) is 0.588. The van der Waals surface area contributed by atoms with E-state index < -0.39 is 34.2 Å². The van der Waals surface area contributed by atoms with Crippen LogP contribution in [0.25, 0.3) is 0 Å². The third-order valence-electron chi connectivity index (χ3n) is 4.75. The first-order chi connectivity index (χ1) is 16.2. The summed E-state index contributed by atoms with van der Waals surface area (Å²) >= 11 is 0. The van der Waals surface area contributed by atoms with Crippen LogP contribution in [-0.2, 0) is 19.6 Å². The highest BCUT2D eigenvalue weighted by molar-refractivity contribution is 7.92. The van der Waals surface area contributed by atoms with Gasteiger partial charge >= 0.3 is 5.97 Å². The van der Waals surface area contributed by atoms with Gasteiger partial charge in [0.05, 0.1) is 16.1 Å². The van der Waals surface area contributed by atoms with Crippen molar-refractivity contribution >= 4 is 39.1 Å². The van der Waals surface area contributed by atoms with Crippen molar-refractivity contribution in [3.8, 4) is 5.75 Å². The third-order valence-corrected chi connectivity index (χ3v) is 6.12. The molecule has 0 spiro atoms. The number of rotatable bonds is 7. The van der Waals surface area contributed by atoms with Crippen molar-refractivity contribution in [3.63, 3.8) is 0 Å². The highest BCUT2D eigenvalue weighted by Crippen LogP contribution is 2.28. The van der Waals surface area contributed by atoms with E-state index in [2.05, 4.69) is 10.0 Å². The largest absolute Gasteiger partial charge is 0.482 e. The Morgan fingerprint density at radius 2 is 1.79 bits per heavy atom. The quantitative estimate of drug-likeness (QED) is 0.390. The van der Waals surface area contributed by atoms with E-state index in [0.717, 1.165) is 18.2 Å². The number of anilines is 2. The number of Topliss-reactive ketones (excluding diaryl/α,β-unsaturated/α-hetero) is 1. The molecule has 9 nitrogen and oxygen atoms in total. The molecule has 11 heteroatoms. The van der Waals surface area contributed by atoms with Gasteiger partial charge in [0.15, 0.2) is 19.0 Å². The first-order valence-corrected chi connectivity index (χ1v) is 11.3. The number of amides is 1. The first kappa shape index (κ1) is 22.9. The molecule has 0 aliphatic carbocycles. The van der Waals surface area contributed by atoms with Crippen molar-refractivity contribution in [2.45, 2.75) is 4.90 Å². The van der Waals surface area contributed by atoms with E-state index in [9.17, 15) is 27.2 Å². The van der Waals surface area contributed by atoms with Crippen LogP contribution in [0.1, 0.15) is 20.7 Å². The fraction of sp³-hybridized carbons (Fsp3) is 0.0870. The molecule has 2 N–H and O–H groups in total. The summed E-state index contributed by atoms with van der Waals surface area (Å²) in [5, 5.41) is 2.58. The number of nitrogens with one attached hydrogen (secondary N) is 2. The van der Waals surface area contributed by atoms with Crippen molar-refractivity contribution < 1.29 is 36.7 Å². The molecule has 1 aliphatic heterocycles. The van der Waals surface area contributed by atoms with Gasteiger partial charge in [-0.1, -0.05) is 6.07 Å². The van der Waals surface area contributed by atoms with Gasteiger partial charge in [-0.05, 0) is 60.7 Å². The Morgan fingerprint density at radius 1 is 1.03 bits per heavy atom. The molecular weight excluding hydrogens is 467 g/mol. The van der Waals surface area contributed by atoms with Gasteiger partial charge in [-0.2, -0.15) is 0 Å². The molecule has 0 radical (unpaired) electrons. The van der Waals surface area contributed by atoms with E-state index in [1.54, 1.807) is 0 Å². The number of halogens is 1. The second-order valence-electron chi connectivity index (χ2n) is 7.19. The molecule has 0 atom stereocenters. The second kappa shape index (κ2) is 9.32. The third kappa shape index (κ3) is 5.21. The summed E-state index contributed by atoms with van der Waals surface area (Å²) in [4.78, 5) is 36.1. The summed E-state index contributed by atoms with van der Waals surface area (Å²) in [6, 6.07) is 14.2. The van der Waals surface area contributed by atoms with Crippen LogP contribution in [0.5, 0.6) is 5.75 Å². The van der Waals surface area contributed by atoms with E-state index in [1.807, 2.05) is 0 Å². The monoisotopic (exact) mass is 484 g/mol. The number of fused-ring (bicyclic) bond motifs is 1. The van der Waals surface area contributed by atoms with Gasteiger partial charge in [-0.3, -0.25) is 14.3 Å². The van der Waals surface area contributed by atoms with Crippen LogP contribution in [0.3, 0.4) is 0 Å².